The summed E-state index contributed by atoms with van der Waals surface area (Å²) in [5.74, 6) is -1.84. The molecule has 0 aliphatic heterocycles. The number of carbonyl (C=O) groups excluding carboxylic acids is 2. The third-order valence-electron chi connectivity index (χ3n) is 4.12. The molecule has 0 radical (unpaired) electrons. The van der Waals surface area contributed by atoms with Crippen LogP contribution < -0.4 is 10.6 Å². The molecule has 0 aliphatic rings. The molecule has 4 N–H and O–H groups in total. The number of ether oxygens (including phenoxy) is 1. The molecule has 172 valence electrons. The molecule has 0 bridgehead atoms. The van der Waals surface area contributed by atoms with Crippen LogP contribution in [0.5, 0.6) is 0 Å². The van der Waals surface area contributed by atoms with E-state index in [-0.39, 0.29) is 26.0 Å². The van der Waals surface area contributed by atoms with Crippen molar-refractivity contribution in [3.05, 3.63) is 71.8 Å². The van der Waals surface area contributed by atoms with Crippen molar-refractivity contribution in [2.24, 2.45) is 0 Å². The molecule has 2 amide bonds. The zero-order valence-corrected chi connectivity index (χ0v) is 18.1. The average Bonchev–Trinajstić information content (AvgIpc) is 2.77. The van der Waals surface area contributed by atoms with Crippen LogP contribution in [-0.2, 0) is 36.4 Å². The van der Waals surface area contributed by atoms with E-state index in [1.807, 2.05) is 6.07 Å². The number of alkyl carbamates (subject to hydrolysis) is 1. The highest BCUT2D eigenvalue weighted by molar-refractivity contribution is 7.52. The Bertz CT molecular complexity index is 939. The summed E-state index contributed by atoms with van der Waals surface area (Å²) >= 11 is 0. The van der Waals surface area contributed by atoms with Gasteiger partial charge in [-0.15, -0.1) is 0 Å². The minimum atomic E-state index is -4.43. The van der Waals surface area contributed by atoms with E-state index >= 15 is 0 Å². The van der Waals surface area contributed by atoms with Crippen LogP contribution in [0.3, 0.4) is 0 Å². The Morgan fingerprint density at radius 2 is 1.53 bits per heavy atom. The molecule has 2 aromatic rings. The molecule has 2 unspecified atom stereocenters. The van der Waals surface area contributed by atoms with E-state index in [4.69, 9.17) is 14.4 Å². The number of hydrogen-bond donors (Lipinski definition) is 4. The number of benzene rings is 2. The molecule has 0 spiro atoms. The van der Waals surface area contributed by atoms with Gasteiger partial charge >= 0.3 is 19.7 Å². The number of aliphatic carboxylic acids is 1. The standard InChI is InChI=1S/C21H25N2O8P/c24-19(25)11-12-22-20(26)18(13-16-7-3-1-4-8-16)31-32(28,29)15-23-21(27)30-14-17-9-5-2-6-10-17/h1-10,18H,11-15H2,(H,22,26)(H,23,27)(H,24,25)(H,28,29). The summed E-state index contributed by atoms with van der Waals surface area (Å²) in [4.78, 5) is 45.0. The van der Waals surface area contributed by atoms with Crippen LogP contribution in [0, 0.1) is 0 Å². The molecule has 2 aromatic carbocycles. The monoisotopic (exact) mass is 464 g/mol. The van der Waals surface area contributed by atoms with Crippen LogP contribution in [0.15, 0.2) is 60.7 Å². The molecule has 0 heterocycles. The zero-order chi connectivity index (χ0) is 23.4. The van der Waals surface area contributed by atoms with E-state index < -0.39 is 38.0 Å². The summed E-state index contributed by atoms with van der Waals surface area (Å²) in [5.41, 5.74) is 1.41. The molecule has 32 heavy (non-hydrogen) atoms. The molecule has 0 saturated heterocycles. The van der Waals surface area contributed by atoms with Gasteiger partial charge in [0.15, 0.2) is 0 Å². The van der Waals surface area contributed by atoms with Crippen LogP contribution in [0.25, 0.3) is 0 Å². The van der Waals surface area contributed by atoms with E-state index in [1.54, 1.807) is 54.6 Å². The molecule has 0 aliphatic carbocycles. The van der Waals surface area contributed by atoms with Crippen LogP contribution >= 0.6 is 7.60 Å². The predicted molar refractivity (Wildman–Crippen MR) is 115 cm³/mol. The molecule has 11 heteroatoms. The van der Waals surface area contributed by atoms with E-state index in [0.29, 0.717) is 5.56 Å². The van der Waals surface area contributed by atoms with Crippen molar-refractivity contribution < 1.29 is 38.2 Å². The van der Waals surface area contributed by atoms with E-state index in [0.717, 1.165) is 5.56 Å². The summed E-state index contributed by atoms with van der Waals surface area (Å²) in [6.45, 7) is -0.186. The summed E-state index contributed by atoms with van der Waals surface area (Å²) in [6, 6.07) is 17.5. The first-order chi connectivity index (χ1) is 15.2. The molecular formula is C21H25N2O8P. The normalized spacial score (nSPS) is 13.4. The number of carboxylic acids is 1. The van der Waals surface area contributed by atoms with Gasteiger partial charge in [-0.1, -0.05) is 60.7 Å². The number of rotatable bonds is 12. The summed E-state index contributed by atoms with van der Waals surface area (Å²) in [7, 11) is -4.43. The minimum Gasteiger partial charge on any atom is -0.481 e. The maximum absolute atomic E-state index is 12.5. The Morgan fingerprint density at radius 3 is 2.12 bits per heavy atom. The van der Waals surface area contributed by atoms with Crippen molar-refractivity contribution >= 4 is 25.6 Å². The topological polar surface area (TPSA) is 151 Å². The van der Waals surface area contributed by atoms with Crippen LogP contribution in [0.4, 0.5) is 4.79 Å². The fourth-order valence-electron chi connectivity index (χ4n) is 2.59. The lowest BCUT2D eigenvalue weighted by Gasteiger charge is -2.21. The molecule has 0 fully saturated rings. The Morgan fingerprint density at radius 1 is 0.938 bits per heavy atom. The maximum atomic E-state index is 12.5. The van der Waals surface area contributed by atoms with E-state index in [2.05, 4.69) is 10.6 Å². The van der Waals surface area contributed by atoms with E-state index in [1.165, 1.54) is 0 Å². The second-order valence-corrected chi connectivity index (χ2v) is 8.55. The Hall–Kier alpha value is -3.20. The summed E-state index contributed by atoms with van der Waals surface area (Å²) < 4.78 is 22.6. The van der Waals surface area contributed by atoms with Crippen molar-refractivity contribution in [2.45, 2.75) is 25.6 Å². The smallest absolute Gasteiger partial charge is 0.408 e. The lowest BCUT2D eigenvalue weighted by atomic mass is 10.1. The van der Waals surface area contributed by atoms with Gasteiger partial charge in [-0.25, -0.2) is 4.79 Å². The van der Waals surface area contributed by atoms with Gasteiger partial charge in [-0.3, -0.25) is 18.7 Å². The highest BCUT2D eigenvalue weighted by Gasteiger charge is 2.30. The van der Waals surface area contributed by atoms with Gasteiger partial charge in [-0.2, -0.15) is 0 Å². The first-order valence-electron chi connectivity index (χ1n) is 9.73. The van der Waals surface area contributed by atoms with E-state index in [9.17, 15) is 23.8 Å². The molecule has 0 aromatic heterocycles. The second-order valence-electron chi connectivity index (χ2n) is 6.75. The van der Waals surface area contributed by atoms with Gasteiger partial charge in [0.2, 0.25) is 5.91 Å². The predicted octanol–water partition coefficient (Wildman–Crippen LogP) is 2.27. The number of amides is 2. The number of carboxylic acid groups (broad SMARTS) is 1. The summed E-state index contributed by atoms with van der Waals surface area (Å²) in [6.07, 6.45) is -3.40. The molecule has 2 rings (SSSR count). The number of nitrogens with one attached hydrogen (secondary N) is 2. The van der Waals surface area contributed by atoms with Gasteiger partial charge in [0.25, 0.3) is 0 Å². The highest BCUT2D eigenvalue weighted by atomic mass is 31.2. The SMILES string of the molecule is O=C(O)CCNC(=O)C(Cc1ccccc1)OP(=O)(O)CNC(=O)OCc1ccccc1. The molecular weight excluding hydrogens is 439 g/mol. The fourth-order valence-corrected chi connectivity index (χ4v) is 3.56. The molecule has 0 saturated carbocycles. The van der Waals surface area contributed by atoms with Crippen molar-refractivity contribution in [2.75, 3.05) is 12.8 Å². The lowest BCUT2D eigenvalue weighted by molar-refractivity contribution is -0.137. The lowest BCUT2D eigenvalue weighted by Crippen LogP contribution is -2.39. The maximum Gasteiger partial charge on any atom is 0.408 e. The van der Waals surface area contributed by atoms with Crippen molar-refractivity contribution in [1.29, 1.82) is 0 Å². The van der Waals surface area contributed by atoms with Crippen molar-refractivity contribution in [1.82, 2.24) is 10.6 Å². The highest BCUT2D eigenvalue weighted by Crippen LogP contribution is 2.42. The third-order valence-corrected chi connectivity index (χ3v) is 5.26. The number of hydrogen-bond acceptors (Lipinski definition) is 6. The largest absolute Gasteiger partial charge is 0.481 e. The second kappa shape index (κ2) is 12.6. The van der Waals surface area contributed by atoms with Crippen LogP contribution in [0.2, 0.25) is 0 Å². The molecule has 10 nitrogen and oxygen atoms in total. The number of carbonyl (C=O) groups is 3. The van der Waals surface area contributed by atoms with Gasteiger partial charge in [0.05, 0.1) is 6.42 Å². The zero-order valence-electron chi connectivity index (χ0n) is 17.2. The van der Waals surface area contributed by atoms with Gasteiger partial charge < -0.3 is 25.4 Å². The summed E-state index contributed by atoms with van der Waals surface area (Å²) in [5, 5.41) is 13.2. The Labute approximate surface area is 185 Å². The van der Waals surface area contributed by atoms with Gasteiger partial charge in [-0.05, 0) is 11.1 Å². The average molecular weight is 464 g/mol. The van der Waals surface area contributed by atoms with Crippen LogP contribution in [-0.4, -0.2) is 46.9 Å². The quantitative estimate of drug-likeness (QED) is 0.349. The Kier molecular flexibility index (Phi) is 9.87. The first-order valence-corrected chi connectivity index (χ1v) is 11.5. The molecule has 2 atom stereocenters. The van der Waals surface area contributed by atoms with Gasteiger partial charge in [0, 0.05) is 13.0 Å². The minimum absolute atomic E-state index is 0.0219. The van der Waals surface area contributed by atoms with Crippen LogP contribution in [0.1, 0.15) is 17.5 Å². The first kappa shape index (κ1) is 25.1. The van der Waals surface area contributed by atoms with Crippen molar-refractivity contribution in [3.8, 4) is 0 Å². The fraction of sp³-hybridized carbons (Fsp3) is 0.286. The Balaban J connectivity index is 1.92. The van der Waals surface area contributed by atoms with Gasteiger partial charge in [0.1, 0.15) is 19.0 Å². The third kappa shape index (κ3) is 9.74. The van der Waals surface area contributed by atoms with Crippen molar-refractivity contribution in [3.63, 3.8) is 0 Å².